The fourth-order valence-corrected chi connectivity index (χ4v) is 1.38. The first kappa shape index (κ1) is 10.9. The van der Waals surface area contributed by atoms with Gasteiger partial charge in [0, 0.05) is 6.42 Å². The first-order valence-corrected chi connectivity index (χ1v) is 4.45. The lowest BCUT2D eigenvalue weighted by Crippen LogP contribution is -2.23. The molecular formula is C9H12F2O3. The van der Waals surface area contributed by atoms with Gasteiger partial charge in [-0.3, -0.25) is 0 Å². The molecule has 1 unspecified atom stereocenters. The summed E-state index contributed by atoms with van der Waals surface area (Å²) >= 11 is 0. The van der Waals surface area contributed by atoms with Gasteiger partial charge in [0.15, 0.2) is 0 Å². The zero-order valence-electron chi connectivity index (χ0n) is 7.58. The fraction of sp³-hybridized carbons (Fsp3) is 0.667. The Labute approximate surface area is 80.4 Å². The van der Waals surface area contributed by atoms with Gasteiger partial charge in [-0.05, 0) is 25.3 Å². The van der Waals surface area contributed by atoms with Crippen molar-refractivity contribution in [2.45, 2.75) is 37.7 Å². The lowest BCUT2D eigenvalue weighted by molar-refractivity contribution is 0.00404. The predicted molar refractivity (Wildman–Crippen MR) is 45.5 cm³/mol. The van der Waals surface area contributed by atoms with E-state index in [1.807, 2.05) is 0 Å². The Balaban J connectivity index is 2.51. The number of alkyl halides is 2. The Kier molecular flexibility index (Phi) is 3.43. The maximum absolute atomic E-state index is 12.9. The molecule has 1 atom stereocenters. The highest BCUT2D eigenvalue weighted by Gasteiger charge is 2.28. The van der Waals surface area contributed by atoms with E-state index in [-0.39, 0.29) is 12.8 Å². The number of halogens is 2. The molecule has 1 aliphatic carbocycles. The smallest absolute Gasteiger partial charge is 0.450 e. The molecule has 5 heteroatoms. The highest BCUT2D eigenvalue weighted by atomic mass is 19.3. The van der Waals surface area contributed by atoms with Gasteiger partial charge >= 0.3 is 6.16 Å². The molecule has 3 nitrogen and oxygen atoms in total. The van der Waals surface area contributed by atoms with Crippen LogP contribution in [-0.4, -0.2) is 23.3 Å². The Hall–Kier alpha value is -1.13. The van der Waals surface area contributed by atoms with Crippen LogP contribution >= 0.6 is 0 Å². The lowest BCUT2D eigenvalue weighted by atomic mass is 10.0. The summed E-state index contributed by atoms with van der Waals surface area (Å²) in [4.78, 5) is 10.2. The third-order valence-corrected chi connectivity index (χ3v) is 2.08. The van der Waals surface area contributed by atoms with Gasteiger partial charge in [-0.1, -0.05) is 6.08 Å². The average Bonchev–Trinajstić information content (AvgIpc) is 2.05. The second kappa shape index (κ2) is 4.39. The average molecular weight is 206 g/mol. The molecule has 80 valence electrons. The minimum Gasteiger partial charge on any atom is -0.450 e. The van der Waals surface area contributed by atoms with Gasteiger partial charge in [0.05, 0.1) is 0 Å². The Morgan fingerprint density at radius 1 is 1.50 bits per heavy atom. The second-order valence-corrected chi connectivity index (χ2v) is 3.29. The highest BCUT2D eigenvalue weighted by Crippen LogP contribution is 2.27. The number of hydrogen-bond acceptors (Lipinski definition) is 2. The van der Waals surface area contributed by atoms with Gasteiger partial charge in [-0.15, -0.1) is 0 Å². The van der Waals surface area contributed by atoms with Gasteiger partial charge in [-0.2, -0.15) is 0 Å². The van der Waals surface area contributed by atoms with Gasteiger partial charge in [-0.25, -0.2) is 13.6 Å². The van der Waals surface area contributed by atoms with Gasteiger partial charge in [0.2, 0.25) is 0 Å². The third-order valence-electron chi connectivity index (χ3n) is 2.08. The summed E-state index contributed by atoms with van der Waals surface area (Å²) in [6.07, 6.45) is 0.852. The summed E-state index contributed by atoms with van der Waals surface area (Å²) in [7, 11) is 0. The van der Waals surface area contributed by atoms with E-state index in [0.717, 1.165) is 6.08 Å². The van der Waals surface area contributed by atoms with Crippen molar-refractivity contribution in [3.63, 3.8) is 0 Å². The van der Waals surface area contributed by atoms with Crippen LogP contribution in [0.2, 0.25) is 0 Å². The summed E-state index contributed by atoms with van der Waals surface area (Å²) in [6, 6.07) is 0. The van der Waals surface area contributed by atoms with Crippen LogP contribution in [0.1, 0.15) is 25.7 Å². The van der Waals surface area contributed by atoms with E-state index < -0.39 is 18.2 Å². The molecule has 0 aromatic rings. The Morgan fingerprint density at radius 3 is 2.86 bits per heavy atom. The quantitative estimate of drug-likeness (QED) is 0.530. The predicted octanol–water partition coefficient (Wildman–Crippen LogP) is 2.82. The van der Waals surface area contributed by atoms with E-state index >= 15 is 0 Å². The Bertz CT molecular complexity index is 238. The van der Waals surface area contributed by atoms with Crippen molar-refractivity contribution in [2.75, 3.05) is 0 Å². The van der Waals surface area contributed by atoms with Gasteiger partial charge < -0.3 is 9.84 Å². The molecule has 1 N–H and O–H groups in total. The molecule has 0 aromatic heterocycles. The van der Waals surface area contributed by atoms with E-state index in [0.29, 0.717) is 12.8 Å². The molecular weight excluding hydrogens is 194 g/mol. The van der Waals surface area contributed by atoms with Crippen molar-refractivity contribution in [1.29, 1.82) is 0 Å². The number of hydrogen-bond donors (Lipinski definition) is 1. The van der Waals surface area contributed by atoms with Crippen LogP contribution in [0, 0.1) is 0 Å². The molecule has 0 spiro atoms. The van der Waals surface area contributed by atoms with E-state index in [1.54, 1.807) is 0 Å². The fourth-order valence-electron chi connectivity index (χ4n) is 1.38. The van der Waals surface area contributed by atoms with Crippen molar-refractivity contribution >= 4 is 6.16 Å². The third kappa shape index (κ3) is 3.72. The SMILES string of the molecule is O=C(O)OC1CCC=CC(F)(F)CC1. The summed E-state index contributed by atoms with van der Waals surface area (Å²) in [6.45, 7) is 0. The van der Waals surface area contributed by atoms with Gasteiger partial charge in [0.1, 0.15) is 6.10 Å². The maximum Gasteiger partial charge on any atom is 0.506 e. The molecule has 0 fully saturated rings. The second-order valence-electron chi connectivity index (χ2n) is 3.29. The summed E-state index contributed by atoms with van der Waals surface area (Å²) in [5.41, 5.74) is 0. The standard InChI is InChI=1S/C9H12F2O3/c10-9(11)5-2-1-3-7(4-6-9)14-8(12)13/h2,5,7H,1,3-4,6H2,(H,12,13). The van der Waals surface area contributed by atoms with Crippen LogP contribution in [0.4, 0.5) is 13.6 Å². The molecule has 0 saturated heterocycles. The van der Waals surface area contributed by atoms with E-state index in [9.17, 15) is 13.6 Å². The topological polar surface area (TPSA) is 46.5 Å². The van der Waals surface area contributed by atoms with Crippen LogP contribution in [0.5, 0.6) is 0 Å². The minimum atomic E-state index is -2.83. The number of allylic oxidation sites excluding steroid dienone is 2. The van der Waals surface area contributed by atoms with Crippen molar-refractivity contribution < 1.29 is 23.4 Å². The molecule has 0 heterocycles. The molecule has 14 heavy (non-hydrogen) atoms. The Morgan fingerprint density at radius 2 is 2.21 bits per heavy atom. The normalized spacial score (nSPS) is 26.3. The largest absolute Gasteiger partial charge is 0.506 e. The number of carbonyl (C=O) groups is 1. The van der Waals surface area contributed by atoms with Crippen molar-refractivity contribution in [3.8, 4) is 0 Å². The first-order valence-electron chi connectivity index (χ1n) is 4.45. The summed E-state index contributed by atoms with van der Waals surface area (Å²) in [5, 5.41) is 8.33. The molecule has 0 saturated carbocycles. The minimum absolute atomic E-state index is 0.0731. The van der Waals surface area contributed by atoms with Crippen LogP contribution < -0.4 is 0 Å². The van der Waals surface area contributed by atoms with Crippen LogP contribution in [0.25, 0.3) is 0 Å². The number of carboxylic acid groups (broad SMARTS) is 1. The van der Waals surface area contributed by atoms with Crippen LogP contribution in [0.3, 0.4) is 0 Å². The first-order chi connectivity index (χ1) is 6.49. The van der Waals surface area contributed by atoms with Crippen LogP contribution in [-0.2, 0) is 4.74 Å². The summed E-state index contributed by atoms with van der Waals surface area (Å²) < 4.78 is 30.2. The molecule has 1 rings (SSSR count). The van der Waals surface area contributed by atoms with E-state index in [4.69, 9.17) is 5.11 Å². The molecule has 0 radical (unpaired) electrons. The molecule has 0 aliphatic heterocycles. The maximum atomic E-state index is 12.9. The number of rotatable bonds is 1. The summed E-state index contributed by atoms with van der Waals surface area (Å²) in [5.74, 6) is -2.83. The number of ether oxygens (including phenoxy) is 1. The molecule has 0 amide bonds. The zero-order chi connectivity index (χ0) is 10.6. The van der Waals surface area contributed by atoms with Gasteiger partial charge in [0.25, 0.3) is 5.92 Å². The molecule has 0 bridgehead atoms. The van der Waals surface area contributed by atoms with Crippen LogP contribution in [0.15, 0.2) is 12.2 Å². The van der Waals surface area contributed by atoms with Crippen molar-refractivity contribution in [1.82, 2.24) is 0 Å². The van der Waals surface area contributed by atoms with Crippen molar-refractivity contribution in [3.05, 3.63) is 12.2 Å². The molecule has 1 aliphatic rings. The molecule has 0 aromatic carbocycles. The monoisotopic (exact) mass is 206 g/mol. The lowest BCUT2D eigenvalue weighted by Gasteiger charge is -2.20. The van der Waals surface area contributed by atoms with Crippen molar-refractivity contribution in [2.24, 2.45) is 0 Å². The highest BCUT2D eigenvalue weighted by molar-refractivity contribution is 5.57. The van der Waals surface area contributed by atoms with E-state index in [1.165, 1.54) is 6.08 Å². The van der Waals surface area contributed by atoms with E-state index in [2.05, 4.69) is 4.74 Å². The zero-order valence-corrected chi connectivity index (χ0v) is 7.58.